The second kappa shape index (κ2) is 10.9. The summed E-state index contributed by atoms with van der Waals surface area (Å²) in [7, 11) is 0.255. The smallest absolute Gasteiger partial charge is 0.243 e. The van der Waals surface area contributed by atoms with Crippen LogP contribution < -0.4 is 14.2 Å². The van der Waals surface area contributed by atoms with Crippen LogP contribution in [0.4, 0.5) is 5.95 Å². The van der Waals surface area contributed by atoms with Gasteiger partial charge in [-0.1, -0.05) is 17.7 Å². The van der Waals surface area contributed by atoms with E-state index in [9.17, 15) is 13.7 Å². The topological polar surface area (TPSA) is 154 Å². The molecule has 196 valence electrons. The van der Waals surface area contributed by atoms with Gasteiger partial charge in [-0.2, -0.15) is 5.26 Å². The zero-order valence-corrected chi connectivity index (χ0v) is 22.2. The molecule has 0 aliphatic heterocycles. The van der Waals surface area contributed by atoms with Crippen molar-refractivity contribution in [2.45, 2.75) is 37.0 Å². The third-order valence-corrected chi connectivity index (χ3v) is 8.19. The van der Waals surface area contributed by atoms with Crippen LogP contribution in [0.5, 0.6) is 11.5 Å². The van der Waals surface area contributed by atoms with Crippen LogP contribution in [0.2, 0.25) is 5.02 Å². The predicted molar refractivity (Wildman–Crippen MR) is 134 cm³/mol. The van der Waals surface area contributed by atoms with Crippen molar-refractivity contribution in [3.05, 3.63) is 47.3 Å². The van der Waals surface area contributed by atoms with Crippen LogP contribution in [-0.2, 0) is 14.8 Å². The summed E-state index contributed by atoms with van der Waals surface area (Å²) in [5.74, 6) is 1.24. The first-order valence-electron chi connectivity index (χ1n) is 11.3. The fourth-order valence-corrected chi connectivity index (χ4v) is 5.42. The Hall–Kier alpha value is -3.47. The summed E-state index contributed by atoms with van der Waals surface area (Å²) < 4.78 is 47.8. The summed E-state index contributed by atoms with van der Waals surface area (Å²) in [5, 5.41) is 16.9. The number of para-hydroxylation sites is 1. The minimum atomic E-state index is -4.11. The molecule has 14 heteroatoms. The number of nitriles is 1. The average molecular weight is 548 g/mol. The molecule has 4 rings (SSSR count). The maximum atomic E-state index is 13.5. The Balaban J connectivity index is 1.76. The Morgan fingerprint density at radius 1 is 1.14 bits per heavy atom. The van der Waals surface area contributed by atoms with Gasteiger partial charge in [-0.05, 0) is 31.9 Å². The molecular weight excluding hydrogens is 522 g/mol. The summed E-state index contributed by atoms with van der Waals surface area (Å²) >= 11 is 5.87. The molecule has 12 nitrogen and oxygen atoms in total. The molecule has 1 aliphatic carbocycles. The van der Waals surface area contributed by atoms with E-state index in [1.54, 1.807) is 22.8 Å². The first-order chi connectivity index (χ1) is 17.7. The molecule has 2 atom stereocenters. The van der Waals surface area contributed by atoms with Gasteiger partial charge in [0.1, 0.15) is 34.4 Å². The highest BCUT2D eigenvalue weighted by Crippen LogP contribution is 2.44. The molecule has 1 N–H and O–H groups in total. The molecule has 1 fully saturated rings. The highest BCUT2D eigenvalue weighted by atomic mass is 35.5. The van der Waals surface area contributed by atoms with E-state index >= 15 is 0 Å². The second-order valence-electron chi connectivity index (χ2n) is 8.49. The van der Waals surface area contributed by atoms with E-state index < -0.39 is 21.4 Å². The molecule has 0 radical (unpaired) electrons. The minimum absolute atomic E-state index is 0.0584. The summed E-state index contributed by atoms with van der Waals surface area (Å²) in [5.41, 5.74) is 0.433. The van der Waals surface area contributed by atoms with E-state index in [1.807, 2.05) is 0 Å². The Morgan fingerprint density at radius 2 is 1.76 bits per heavy atom. The largest absolute Gasteiger partial charge is 0.494 e. The summed E-state index contributed by atoms with van der Waals surface area (Å²) in [6.45, 7) is 1.48. The number of nitrogens with zero attached hydrogens (tertiary/aromatic N) is 6. The number of halogens is 1. The first-order valence-corrected chi connectivity index (χ1v) is 13.2. The number of nitrogens with one attached hydrogen (secondary N) is 1. The number of rotatable bonds is 10. The molecule has 1 saturated carbocycles. The number of hydrogen-bond donors (Lipinski definition) is 1. The van der Waals surface area contributed by atoms with E-state index in [0.717, 1.165) is 0 Å². The van der Waals surface area contributed by atoms with Gasteiger partial charge in [0.2, 0.25) is 16.0 Å². The van der Waals surface area contributed by atoms with Crippen molar-refractivity contribution in [3.8, 4) is 23.3 Å². The van der Waals surface area contributed by atoms with Gasteiger partial charge in [0, 0.05) is 31.3 Å². The highest BCUT2D eigenvalue weighted by molar-refractivity contribution is 7.93. The summed E-state index contributed by atoms with van der Waals surface area (Å²) in [4.78, 5) is 8.22. The van der Waals surface area contributed by atoms with Crippen molar-refractivity contribution < 1.29 is 22.6 Å². The lowest BCUT2D eigenvalue weighted by molar-refractivity contribution is 0.0950. The second-order valence-corrected chi connectivity index (χ2v) is 11.0. The monoisotopic (exact) mass is 547 g/mol. The molecule has 3 aromatic rings. The van der Waals surface area contributed by atoms with Crippen molar-refractivity contribution in [1.29, 1.82) is 5.26 Å². The normalized spacial score (nSPS) is 18.8. The van der Waals surface area contributed by atoms with Gasteiger partial charge >= 0.3 is 0 Å². The first kappa shape index (κ1) is 26.6. The third kappa shape index (κ3) is 5.18. The zero-order valence-electron chi connectivity index (χ0n) is 20.6. The van der Waals surface area contributed by atoms with E-state index in [1.165, 1.54) is 40.6 Å². The quantitative estimate of drug-likeness (QED) is 0.400. The molecule has 37 heavy (non-hydrogen) atoms. The zero-order chi connectivity index (χ0) is 26.7. The van der Waals surface area contributed by atoms with Gasteiger partial charge in [-0.3, -0.25) is 9.29 Å². The van der Waals surface area contributed by atoms with Crippen LogP contribution in [0, 0.1) is 17.2 Å². The molecular formula is C23H26ClN7O5S. The molecule has 0 saturated heterocycles. The van der Waals surface area contributed by atoms with E-state index in [4.69, 9.17) is 25.8 Å². The van der Waals surface area contributed by atoms with Gasteiger partial charge in [0.05, 0.1) is 25.3 Å². The lowest BCUT2D eigenvalue weighted by Gasteiger charge is -2.30. The van der Waals surface area contributed by atoms with Crippen LogP contribution in [-0.4, -0.2) is 59.7 Å². The van der Waals surface area contributed by atoms with Gasteiger partial charge in [-0.25, -0.2) is 18.4 Å². The SMILES string of the molecule is COc1cccc(OC)c1-n1c(NS(=O)(=O)[C@@H](C)[C@H](OC)c2ncc(Cl)cn2)nnc1C1CC(C#N)C1. The fourth-order valence-electron chi connectivity index (χ4n) is 4.19. The minimum Gasteiger partial charge on any atom is -0.494 e. The number of sulfonamides is 1. The number of benzene rings is 1. The van der Waals surface area contributed by atoms with E-state index in [-0.39, 0.29) is 23.6 Å². The maximum Gasteiger partial charge on any atom is 0.243 e. The number of ether oxygens (including phenoxy) is 3. The van der Waals surface area contributed by atoms with E-state index in [0.29, 0.717) is 40.9 Å². The van der Waals surface area contributed by atoms with Crippen molar-refractivity contribution in [3.63, 3.8) is 0 Å². The Bertz CT molecular complexity index is 1380. The number of methoxy groups -OCH3 is 3. The summed E-state index contributed by atoms with van der Waals surface area (Å²) in [6.07, 6.45) is 2.90. The molecule has 0 bridgehead atoms. The van der Waals surface area contributed by atoms with Gasteiger partial charge in [0.25, 0.3) is 0 Å². The van der Waals surface area contributed by atoms with Crippen LogP contribution in [0.1, 0.15) is 43.4 Å². The number of hydrogen-bond acceptors (Lipinski definition) is 10. The molecule has 0 spiro atoms. The van der Waals surface area contributed by atoms with Crippen LogP contribution in [0.15, 0.2) is 30.6 Å². The van der Waals surface area contributed by atoms with Crippen molar-refractivity contribution in [1.82, 2.24) is 24.7 Å². The van der Waals surface area contributed by atoms with Crippen LogP contribution >= 0.6 is 11.6 Å². The van der Waals surface area contributed by atoms with E-state index in [2.05, 4.69) is 31.0 Å². The predicted octanol–water partition coefficient (Wildman–Crippen LogP) is 3.26. The number of anilines is 1. The molecule has 0 unspecified atom stereocenters. The molecule has 2 heterocycles. The molecule has 1 aromatic carbocycles. The van der Waals surface area contributed by atoms with Gasteiger partial charge < -0.3 is 14.2 Å². The maximum absolute atomic E-state index is 13.5. The Labute approximate surface area is 219 Å². The van der Waals surface area contributed by atoms with Gasteiger partial charge in [-0.15, -0.1) is 10.2 Å². The Kier molecular flexibility index (Phi) is 7.82. The van der Waals surface area contributed by atoms with Crippen LogP contribution in [0.3, 0.4) is 0 Å². The highest BCUT2D eigenvalue weighted by Gasteiger charge is 2.38. The van der Waals surface area contributed by atoms with Crippen molar-refractivity contribution in [2.75, 3.05) is 26.1 Å². The average Bonchev–Trinajstić information content (AvgIpc) is 3.25. The molecule has 2 aromatic heterocycles. The van der Waals surface area contributed by atoms with Gasteiger partial charge in [0.15, 0.2) is 5.82 Å². The number of aromatic nitrogens is 5. The van der Waals surface area contributed by atoms with Crippen molar-refractivity contribution >= 4 is 27.6 Å². The summed E-state index contributed by atoms with van der Waals surface area (Å²) in [6, 6.07) is 7.45. The lowest BCUT2D eigenvalue weighted by Crippen LogP contribution is -2.33. The van der Waals surface area contributed by atoms with Crippen molar-refractivity contribution in [2.24, 2.45) is 5.92 Å². The standard InChI is InChI=1S/C23H26ClN7O5S/c1-13(20(36-4)21-26-11-16(24)12-27-21)37(32,33)30-23-29-28-22(15-8-14(9-15)10-25)31(23)19-17(34-2)6-5-7-18(19)35-3/h5-7,11-15,20H,8-9H2,1-4H3,(H,29,30)/t13-,14?,15?,20-/m0/s1. The van der Waals surface area contributed by atoms with Crippen LogP contribution in [0.25, 0.3) is 5.69 Å². The third-order valence-electron chi connectivity index (χ3n) is 6.30. The Morgan fingerprint density at radius 3 is 2.30 bits per heavy atom. The molecule has 1 aliphatic rings. The fraction of sp³-hybridized carbons (Fsp3) is 0.435. The lowest BCUT2D eigenvalue weighted by atomic mass is 9.75. The molecule has 0 amide bonds.